The second kappa shape index (κ2) is 15.0. The van der Waals surface area contributed by atoms with E-state index in [4.69, 9.17) is 24.7 Å². The van der Waals surface area contributed by atoms with Crippen LogP contribution in [-0.2, 0) is 27.8 Å². The molecule has 1 spiro atoms. The minimum absolute atomic E-state index is 0.0437. The highest BCUT2D eigenvalue weighted by Gasteiger charge is 2.51. The van der Waals surface area contributed by atoms with Crippen molar-refractivity contribution >= 4 is 12.0 Å². The number of rotatable bonds is 5. The summed E-state index contributed by atoms with van der Waals surface area (Å²) < 4.78 is 25.9. The number of allylic oxidation sites excluding steroid dienone is 3. The van der Waals surface area contributed by atoms with Crippen LogP contribution >= 0.6 is 0 Å². The SMILES string of the molecule is COc1cc(O)cc2c1-c1ccc3c4c1[C@@]1(CC[C@H](CC5=C(C#CCc6cc(O)c7c(c6[C@@H](O4)[C@H]3COC(C)=O)C=C[C@@H](NC3CCCCC3)CO7)NC(N)C=C5)C1)C2. The molecule has 4 heterocycles. The van der Waals surface area contributed by atoms with Gasteiger partial charge in [-0.2, -0.15) is 0 Å². The Kier molecular flexibility index (Phi) is 9.64. The summed E-state index contributed by atoms with van der Waals surface area (Å²) in [6.45, 7) is 1.92. The molecule has 0 saturated heterocycles. The number of carbonyl (C=O) groups excluding carboxylic acids is 1. The van der Waals surface area contributed by atoms with Crippen molar-refractivity contribution < 1.29 is 34.0 Å². The smallest absolute Gasteiger partial charge is 0.302 e. The molecule has 59 heavy (non-hydrogen) atoms. The summed E-state index contributed by atoms with van der Waals surface area (Å²) in [4.78, 5) is 12.6. The highest BCUT2D eigenvalue weighted by molar-refractivity contribution is 5.84. The molecular weight excluding hydrogens is 743 g/mol. The number of hydrogen-bond acceptors (Lipinski definition) is 10. The van der Waals surface area contributed by atoms with Crippen molar-refractivity contribution in [2.75, 3.05) is 20.3 Å². The van der Waals surface area contributed by atoms with Gasteiger partial charge in [-0.05, 0) is 97.3 Å². The molecule has 10 rings (SSSR count). The Labute approximate surface area is 345 Å². The highest BCUT2D eigenvalue weighted by atomic mass is 16.5. The third-order valence-electron chi connectivity index (χ3n) is 13.9. The number of esters is 1. The van der Waals surface area contributed by atoms with Crippen molar-refractivity contribution in [1.82, 2.24) is 10.6 Å². The number of aromatic hydroxyl groups is 2. The molecule has 2 fully saturated rings. The first-order valence-corrected chi connectivity index (χ1v) is 21.4. The number of methoxy groups -OCH3 is 1. The van der Waals surface area contributed by atoms with Gasteiger partial charge in [0.05, 0.1) is 30.9 Å². The first-order chi connectivity index (χ1) is 28.7. The van der Waals surface area contributed by atoms with Gasteiger partial charge >= 0.3 is 5.97 Å². The second-order valence-corrected chi connectivity index (χ2v) is 17.7. The van der Waals surface area contributed by atoms with Crippen LogP contribution in [0.1, 0.15) is 110 Å². The van der Waals surface area contributed by atoms with Crippen LogP contribution in [0.5, 0.6) is 28.7 Å². The predicted molar refractivity (Wildman–Crippen MR) is 225 cm³/mol. The summed E-state index contributed by atoms with van der Waals surface area (Å²) in [5, 5.41) is 29.9. The van der Waals surface area contributed by atoms with E-state index in [0.717, 1.165) is 100 Å². The lowest BCUT2D eigenvalue weighted by Crippen LogP contribution is -2.41. The number of phenolic OH excluding ortho intramolecular Hbond substituents is 2. The molecule has 10 nitrogen and oxygen atoms in total. The number of carbonyl (C=O) groups is 1. The molecule has 3 aromatic rings. The minimum Gasteiger partial charge on any atom is -0.508 e. The first kappa shape index (κ1) is 37.9. The van der Waals surface area contributed by atoms with Gasteiger partial charge in [0.2, 0.25) is 0 Å². The molecule has 7 aliphatic rings. The molecule has 4 aliphatic heterocycles. The molecule has 3 aliphatic carbocycles. The Morgan fingerprint density at radius 1 is 1.07 bits per heavy atom. The van der Waals surface area contributed by atoms with Gasteiger partial charge in [-0.1, -0.05) is 55.5 Å². The van der Waals surface area contributed by atoms with Crippen LogP contribution in [-0.4, -0.2) is 54.8 Å². The van der Waals surface area contributed by atoms with Crippen LogP contribution in [0.3, 0.4) is 0 Å². The maximum Gasteiger partial charge on any atom is 0.302 e. The Morgan fingerprint density at radius 3 is 2.76 bits per heavy atom. The van der Waals surface area contributed by atoms with E-state index in [1.807, 2.05) is 12.1 Å². The fraction of sp³-hybridized carbons (Fsp3) is 0.449. The lowest BCUT2D eigenvalue weighted by molar-refractivity contribution is -0.141. The lowest BCUT2D eigenvalue weighted by atomic mass is 9.65. The molecule has 4 bridgehead atoms. The Balaban J connectivity index is 1.19. The Hall–Kier alpha value is -5.37. The van der Waals surface area contributed by atoms with Gasteiger partial charge < -0.3 is 45.5 Å². The van der Waals surface area contributed by atoms with Crippen molar-refractivity contribution in [3.05, 3.63) is 93.2 Å². The van der Waals surface area contributed by atoms with E-state index >= 15 is 0 Å². The Bertz CT molecular complexity index is 2380. The van der Waals surface area contributed by atoms with Crippen molar-refractivity contribution in [2.24, 2.45) is 11.7 Å². The van der Waals surface area contributed by atoms with Gasteiger partial charge in [-0.25, -0.2) is 0 Å². The predicted octanol–water partition coefficient (Wildman–Crippen LogP) is 7.49. The summed E-state index contributed by atoms with van der Waals surface area (Å²) in [6, 6.07) is 10.0. The van der Waals surface area contributed by atoms with E-state index in [9.17, 15) is 15.0 Å². The fourth-order valence-corrected chi connectivity index (χ4v) is 11.4. The number of ether oxygens (including phenoxy) is 4. The van der Waals surface area contributed by atoms with Gasteiger partial charge in [-0.3, -0.25) is 4.79 Å². The summed E-state index contributed by atoms with van der Waals surface area (Å²) in [7, 11) is 1.65. The van der Waals surface area contributed by atoms with Crippen LogP contribution < -0.4 is 30.6 Å². The quantitative estimate of drug-likeness (QED) is 0.130. The summed E-state index contributed by atoms with van der Waals surface area (Å²) in [6.07, 6.45) is 18.1. The van der Waals surface area contributed by atoms with Crippen LogP contribution in [0.4, 0.5) is 0 Å². The molecule has 3 aromatic carbocycles. The maximum absolute atomic E-state index is 12.6. The van der Waals surface area contributed by atoms with Crippen LogP contribution in [0.25, 0.3) is 17.2 Å². The molecule has 2 saturated carbocycles. The third-order valence-corrected chi connectivity index (χ3v) is 13.9. The summed E-state index contributed by atoms with van der Waals surface area (Å²) in [5.41, 5.74) is 15.7. The molecule has 0 aromatic heterocycles. The number of nitrogens with one attached hydrogen (secondary N) is 2. The molecule has 0 radical (unpaired) electrons. The number of nitrogens with two attached hydrogens (primary N) is 1. The minimum atomic E-state index is -0.598. The largest absolute Gasteiger partial charge is 0.508 e. The van der Waals surface area contributed by atoms with E-state index in [2.05, 4.69) is 52.8 Å². The molecule has 6 atom stereocenters. The second-order valence-electron chi connectivity index (χ2n) is 17.7. The number of fused-ring (bicyclic) bond motifs is 8. The van der Waals surface area contributed by atoms with Gasteiger partial charge in [0, 0.05) is 58.7 Å². The molecule has 10 heteroatoms. The van der Waals surface area contributed by atoms with Crippen molar-refractivity contribution in [3.8, 4) is 51.7 Å². The fourth-order valence-electron chi connectivity index (χ4n) is 11.4. The van der Waals surface area contributed by atoms with Crippen LogP contribution in [0.15, 0.2) is 59.8 Å². The van der Waals surface area contributed by atoms with E-state index in [-0.39, 0.29) is 47.6 Å². The van der Waals surface area contributed by atoms with E-state index in [1.165, 1.54) is 26.2 Å². The Morgan fingerprint density at radius 2 is 1.93 bits per heavy atom. The number of dihydropyridines is 1. The van der Waals surface area contributed by atoms with Crippen LogP contribution in [0.2, 0.25) is 0 Å². The standard InChI is InChI=1S/C49H53N3O7/c1-27(53)57-26-38-35-14-15-36-43-31(20-34(54)22-41(43)56-2)24-49-18-17-28(23-49)19-29-11-16-42(50)52-39(29)10-6-7-30-21-40(55)46-37(44(30)47(38)59-48(35)45(36)49)13-12-33(25-58-46)51-32-8-4-3-5-9-32/h11-16,20-22,28,32-33,38,42,47,51-52,54-55H,3-5,7-9,17-19,23-26,50H2,1-2H3/t28-,33-,38+,42?,47+,49-/m1/s1. The van der Waals surface area contributed by atoms with Gasteiger partial charge in [0.1, 0.15) is 36.6 Å². The topological polar surface area (TPSA) is 145 Å². The van der Waals surface area contributed by atoms with Gasteiger partial charge in [-0.15, -0.1) is 0 Å². The van der Waals surface area contributed by atoms with E-state index in [1.54, 1.807) is 19.2 Å². The maximum atomic E-state index is 12.6. The number of phenols is 2. The molecule has 1 unspecified atom stereocenters. The average molecular weight is 796 g/mol. The summed E-state index contributed by atoms with van der Waals surface area (Å²) in [5.74, 6) is 8.63. The van der Waals surface area contributed by atoms with Crippen molar-refractivity contribution in [1.29, 1.82) is 0 Å². The normalized spacial score (nSPS) is 27.5. The first-order valence-electron chi connectivity index (χ1n) is 21.4. The third kappa shape index (κ3) is 6.73. The average Bonchev–Trinajstić information content (AvgIpc) is 3.71. The van der Waals surface area contributed by atoms with E-state index in [0.29, 0.717) is 42.9 Å². The zero-order valence-corrected chi connectivity index (χ0v) is 33.9. The molecule has 0 amide bonds. The zero-order chi connectivity index (χ0) is 40.4. The molecular formula is C49H53N3O7. The number of benzene rings is 3. The van der Waals surface area contributed by atoms with Crippen molar-refractivity contribution in [3.63, 3.8) is 0 Å². The van der Waals surface area contributed by atoms with Crippen molar-refractivity contribution in [2.45, 2.75) is 113 Å². The van der Waals surface area contributed by atoms with E-state index < -0.39 is 6.10 Å². The lowest BCUT2D eigenvalue weighted by Gasteiger charge is -2.39. The molecule has 306 valence electrons. The van der Waals surface area contributed by atoms with Crippen LogP contribution in [0, 0.1) is 17.8 Å². The van der Waals surface area contributed by atoms with Gasteiger partial charge in [0.15, 0.2) is 11.5 Å². The molecule has 6 N–H and O–H groups in total. The number of hydrogen-bond donors (Lipinski definition) is 5. The van der Waals surface area contributed by atoms with Gasteiger partial charge in [0.25, 0.3) is 0 Å². The zero-order valence-electron chi connectivity index (χ0n) is 33.9. The monoisotopic (exact) mass is 795 g/mol. The summed E-state index contributed by atoms with van der Waals surface area (Å²) >= 11 is 0. The highest BCUT2D eigenvalue weighted by Crippen LogP contribution is 2.63.